The Morgan fingerprint density at radius 3 is 2.69 bits per heavy atom. The fraction of sp³-hybridized carbons (Fsp3) is 0.444. The van der Waals surface area contributed by atoms with E-state index in [4.69, 9.17) is 0 Å². The van der Waals surface area contributed by atoms with Gasteiger partial charge in [-0.25, -0.2) is 0 Å². The molecular formula is C18H22N4O4. The first kappa shape index (κ1) is 18.2. The quantitative estimate of drug-likeness (QED) is 0.460. The predicted octanol–water partition coefficient (Wildman–Crippen LogP) is -0.213. The molecule has 0 radical (unpaired) electrons. The molecule has 8 nitrogen and oxygen atoms in total. The van der Waals surface area contributed by atoms with Gasteiger partial charge in [0.2, 0.25) is 11.8 Å². The molecule has 1 unspecified atom stereocenters. The summed E-state index contributed by atoms with van der Waals surface area (Å²) in [4.78, 5) is 50.0. The molecule has 0 saturated carbocycles. The van der Waals surface area contributed by atoms with Gasteiger partial charge in [-0.2, -0.15) is 0 Å². The lowest BCUT2D eigenvalue weighted by atomic mass is 10.0. The Kier molecular flexibility index (Phi) is 5.43. The van der Waals surface area contributed by atoms with E-state index in [2.05, 4.69) is 16.0 Å². The molecule has 26 heavy (non-hydrogen) atoms. The van der Waals surface area contributed by atoms with Gasteiger partial charge in [-0.1, -0.05) is 12.1 Å². The van der Waals surface area contributed by atoms with Crippen LogP contribution in [0.4, 0.5) is 0 Å². The Morgan fingerprint density at radius 2 is 1.96 bits per heavy atom. The van der Waals surface area contributed by atoms with Gasteiger partial charge in [0.1, 0.15) is 6.04 Å². The number of nitrogens with zero attached hydrogens (tertiary/aromatic N) is 1. The molecule has 3 rings (SSSR count). The average molecular weight is 358 g/mol. The maximum atomic E-state index is 12.9. The van der Waals surface area contributed by atoms with Crippen LogP contribution < -0.4 is 16.0 Å². The Labute approximate surface area is 151 Å². The summed E-state index contributed by atoms with van der Waals surface area (Å²) in [5.41, 5.74) is 1.40. The highest BCUT2D eigenvalue weighted by molar-refractivity contribution is 6.24. The number of rotatable bonds is 7. The first-order valence-corrected chi connectivity index (χ1v) is 8.73. The molecule has 0 spiro atoms. The molecule has 2 aliphatic heterocycles. The standard InChI is InChI=1S/C18H22N4O4/c1-19-8-3-9-20-10-11-4-2-5-12-15(11)18(26)22(17(12)25)13-6-7-14(23)21-16(13)24/h2,4-5,13,19-20H,3,6-10H2,1H3,(H,21,23,24). The summed E-state index contributed by atoms with van der Waals surface area (Å²) in [6.07, 6.45) is 1.22. The highest BCUT2D eigenvalue weighted by atomic mass is 16.2. The predicted molar refractivity (Wildman–Crippen MR) is 93.4 cm³/mol. The second kappa shape index (κ2) is 7.76. The number of amides is 4. The van der Waals surface area contributed by atoms with Crippen molar-refractivity contribution >= 4 is 23.6 Å². The lowest BCUT2D eigenvalue weighted by molar-refractivity contribution is -0.136. The number of fused-ring (bicyclic) bond motifs is 1. The van der Waals surface area contributed by atoms with Crippen molar-refractivity contribution in [2.45, 2.75) is 31.8 Å². The molecule has 1 saturated heterocycles. The monoisotopic (exact) mass is 358 g/mol. The highest BCUT2D eigenvalue weighted by Crippen LogP contribution is 2.29. The first-order chi connectivity index (χ1) is 12.5. The third-order valence-electron chi connectivity index (χ3n) is 4.65. The van der Waals surface area contributed by atoms with E-state index in [0.717, 1.165) is 30.0 Å². The van der Waals surface area contributed by atoms with Crippen molar-refractivity contribution in [3.05, 3.63) is 34.9 Å². The van der Waals surface area contributed by atoms with Gasteiger partial charge in [0.25, 0.3) is 11.8 Å². The normalized spacial score (nSPS) is 19.7. The Hall–Kier alpha value is -2.58. The maximum absolute atomic E-state index is 12.9. The molecule has 0 aromatic heterocycles. The van der Waals surface area contributed by atoms with Crippen molar-refractivity contribution in [1.29, 1.82) is 0 Å². The number of imide groups is 2. The van der Waals surface area contributed by atoms with Gasteiger partial charge in [-0.3, -0.25) is 29.4 Å². The van der Waals surface area contributed by atoms with Crippen molar-refractivity contribution in [3.8, 4) is 0 Å². The summed E-state index contributed by atoms with van der Waals surface area (Å²) in [6.45, 7) is 2.14. The molecule has 8 heteroatoms. The molecule has 1 atom stereocenters. The Balaban J connectivity index is 1.78. The maximum Gasteiger partial charge on any atom is 0.262 e. The summed E-state index contributed by atoms with van der Waals surface area (Å²) in [5, 5.41) is 8.53. The van der Waals surface area contributed by atoms with Crippen molar-refractivity contribution in [1.82, 2.24) is 20.9 Å². The minimum Gasteiger partial charge on any atom is -0.320 e. The zero-order chi connectivity index (χ0) is 18.7. The number of benzene rings is 1. The largest absolute Gasteiger partial charge is 0.320 e. The minimum absolute atomic E-state index is 0.115. The molecule has 0 bridgehead atoms. The molecule has 0 aliphatic carbocycles. The second-order valence-electron chi connectivity index (χ2n) is 6.42. The van der Waals surface area contributed by atoms with E-state index in [1.54, 1.807) is 12.1 Å². The third kappa shape index (κ3) is 3.38. The fourth-order valence-corrected chi connectivity index (χ4v) is 3.35. The summed E-state index contributed by atoms with van der Waals surface area (Å²) in [5.74, 6) is -1.92. The van der Waals surface area contributed by atoms with E-state index in [1.165, 1.54) is 0 Å². The lowest BCUT2D eigenvalue weighted by Gasteiger charge is -2.27. The number of hydrogen-bond donors (Lipinski definition) is 3. The molecule has 2 heterocycles. The van der Waals surface area contributed by atoms with Crippen molar-refractivity contribution in [2.75, 3.05) is 20.1 Å². The highest BCUT2D eigenvalue weighted by Gasteiger charge is 2.45. The van der Waals surface area contributed by atoms with Gasteiger partial charge in [0, 0.05) is 13.0 Å². The van der Waals surface area contributed by atoms with Gasteiger partial charge in [0.05, 0.1) is 11.1 Å². The summed E-state index contributed by atoms with van der Waals surface area (Å²) < 4.78 is 0. The molecule has 1 aromatic rings. The van der Waals surface area contributed by atoms with Crippen molar-refractivity contribution in [2.24, 2.45) is 0 Å². The number of nitrogens with one attached hydrogen (secondary N) is 3. The van der Waals surface area contributed by atoms with Crippen LogP contribution in [-0.4, -0.2) is 54.7 Å². The smallest absolute Gasteiger partial charge is 0.262 e. The van der Waals surface area contributed by atoms with Crippen LogP contribution >= 0.6 is 0 Å². The van der Waals surface area contributed by atoms with Crippen LogP contribution in [0, 0.1) is 0 Å². The van der Waals surface area contributed by atoms with Crippen LogP contribution in [0.25, 0.3) is 0 Å². The lowest BCUT2D eigenvalue weighted by Crippen LogP contribution is -2.54. The molecular weight excluding hydrogens is 336 g/mol. The van der Waals surface area contributed by atoms with E-state index in [1.807, 2.05) is 13.1 Å². The van der Waals surface area contributed by atoms with Gasteiger partial charge in [-0.15, -0.1) is 0 Å². The Morgan fingerprint density at radius 1 is 1.15 bits per heavy atom. The molecule has 3 N–H and O–H groups in total. The van der Waals surface area contributed by atoms with E-state index in [9.17, 15) is 19.2 Å². The van der Waals surface area contributed by atoms with E-state index in [-0.39, 0.29) is 18.7 Å². The molecule has 4 amide bonds. The second-order valence-corrected chi connectivity index (χ2v) is 6.42. The van der Waals surface area contributed by atoms with Gasteiger partial charge in [0.15, 0.2) is 0 Å². The SMILES string of the molecule is CNCCCNCc1cccc2c1C(=O)N(C1CCC(=O)NC1=O)C2=O. The van der Waals surface area contributed by atoms with E-state index in [0.29, 0.717) is 17.7 Å². The van der Waals surface area contributed by atoms with Crippen LogP contribution in [0.3, 0.4) is 0 Å². The van der Waals surface area contributed by atoms with Gasteiger partial charge in [-0.05, 0) is 44.6 Å². The fourth-order valence-electron chi connectivity index (χ4n) is 3.35. The summed E-state index contributed by atoms with van der Waals surface area (Å²) >= 11 is 0. The summed E-state index contributed by atoms with van der Waals surface area (Å²) in [7, 11) is 1.89. The minimum atomic E-state index is -0.934. The van der Waals surface area contributed by atoms with Crippen LogP contribution in [-0.2, 0) is 16.1 Å². The van der Waals surface area contributed by atoms with Crippen LogP contribution in [0.5, 0.6) is 0 Å². The molecule has 1 aromatic carbocycles. The Bertz CT molecular complexity index is 762. The molecule has 2 aliphatic rings. The average Bonchev–Trinajstić information content (AvgIpc) is 2.87. The number of carbonyl (C=O) groups excluding carboxylic acids is 4. The third-order valence-corrected chi connectivity index (χ3v) is 4.65. The van der Waals surface area contributed by atoms with E-state index < -0.39 is 23.8 Å². The van der Waals surface area contributed by atoms with Crippen molar-refractivity contribution in [3.63, 3.8) is 0 Å². The van der Waals surface area contributed by atoms with Crippen LogP contribution in [0.1, 0.15) is 45.5 Å². The van der Waals surface area contributed by atoms with Crippen molar-refractivity contribution < 1.29 is 19.2 Å². The van der Waals surface area contributed by atoms with Crippen LogP contribution in [0.2, 0.25) is 0 Å². The zero-order valence-electron chi connectivity index (χ0n) is 14.6. The van der Waals surface area contributed by atoms with Crippen LogP contribution in [0.15, 0.2) is 18.2 Å². The van der Waals surface area contributed by atoms with Gasteiger partial charge >= 0.3 is 0 Å². The zero-order valence-corrected chi connectivity index (χ0v) is 14.6. The number of piperidine rings is 1. The van der Waals surface area contributed by atoms with E-state index >= 15 is 0 Å². The van der Waals surface area contributed by atoms with Gasteiger partial charge < -0.3 is 10.6 Å². The molecule has 1 fully saturated rings. The number of carbonyl (C=O) groups is 4. The topological polar surface area (TPSA) is 108 Å². The number of hydrogen-bond acceptors (Lipinski definition) is 6. The first-order valence-electron chi connectivity index (χ1n) is 8.73. The summed E-state index contributed by atoms with van der Waals surface area (Å²) in [6, 6.07) is 4.22. The molecule has 138 valence electrons.